The number of hydrogen-bond donors (Lipinski definition) is 1. The van der Waals surface area contributed by atoms with Gasteiger partial charge >= 0.3 is 0 Å². The fourth-order valence-corrected chi connectivity index (χ4v) is 0. The molecule has 0 saturated heterocycles. The number of aliphatic hydroxyl groups is 1. The molecule has 0 atom stereocenters. The van der Waals surface area contributed by atoms with Crippen LogP contribution in [0.15, 0.2) is 0 Å². The molecule has 0 aliphatic carbocycles. The van der Waals surface area contributed by atoms with Gasteiger partial charge in [0.25, 0.3) is 0 Å². The summed E-state index contributed by atoms with van der Waals surface area (Å²) >= 11 is 0. The van der Waals surface area contributed by atoms with Gasteiger partial charge < -0.3 is 5.11 Å². The molecule has 0 unspecified atom stereocenters. The molecule has 0 amide bonds. The Morgan fingerprint density at radius 1 is 1.33 bits per heavy atom. The Bertz CT molecular complexity index is 11.5. The minimum Gasteiger partial charge on any atom is -0.397 e. The molecule has 1 nitrogen and oxygen atoms in total. The van der Waals surface area contributed by atoms with Gasteiger partial charge in [0, 0.05) is 6.61 Å². The maximum atomic E-state index is 7.57. The zero-order chi connectivity index (χ0) is 2.71. The van der Waals surface area contributed by atoms with Crippen molar-refractivity contribution >= 4 is 42.2 Å². The molecule has 0 radical (unpaired) electrons. The summed E-state index contributed by atoms with van der Waals surface area (Å²) in [5, 5.41) is 7.57. The Balaban J connectivity index is -0.00000000667. The van der Waals surface area contributed by atoms with Gasteiger partial charge in [-0.2, -0.15) is 0 Å². The minimum atomic E-state index is 0. The molecule has 0 saturated carbocycles. The highest BCUT2D eigenvalue weighted by Crippen LogP contribution is 1.30. The van der Waals surface area contributed by atoms with Crippen LogP contribution >= 0.6 is 24.8 Å². The second-order valence-corrected chi connectivity index (χ2v) is 0.316. The molecule has 42 valence electrons. The molecule has 0 aromatic heterocycles. The van der Waals surface area contributed by atoms with Gasteiger partial charge in [0.2, 0.25) is 0 Å². The first-order valence-electron chi connectivity index (χ1n) is 1.02. The van der Waals surface area contributed by atoms with Gasteiger partial charge in [-0.1, -0.05) is 0 Å². The van der Waals surface area contributed by atoms with Gasteiger partial charge in [0.1, 0.15) is 0 Å². The van der Waals surface area contributed by atoms with E-state index < -0.39 is 0 Å². The monoisotopic (exact) mass is 148 g/mol. The predicted octanol–water partition coefficient (Wildman–Crippen LogP) is -0.342. The van der Waals surface area contributed by atoms with E-state index in [9.17, 15) is 0 Å². The van der Waals surface area contributed by atoms with Gasteiger partial charge in [0.05, 0.1) is 0 Å². The first-order valence-corrected chi connectivity index (χ1v) is 1.02. The molecule has 1 N–H and O–H groups in total. The van der Waals surface area contributed by atoms with Crippen molar-refractivity contribution < 1.29 is 5.11 Å². The molecule has 0 bridgehead atoms. The maximum absolute atomic E-state index is 7.57. The molecule has 0 aliphatic heterocycles. The van der Waals surface area contributed by atoms with Crippen LogP contribution in [-0.2, 0) is 0 Å². The number of aliphatic hydroxyl groups excluding tert-OH is 1. The van der Waals surface area contributed by atoms with Crippen LogP contribution in [0.5, 0.6) is 0 Å². The van der Waals surface area contributed by atoms with Gasteiger partial charge in [-0.05, 0) is 6.92 Å². The van der Waals surface area contributed by atoms with Crippen LogP contribution in [0, 0.1) is 0 Å². The summed E-state index contributed by atoms with van der Waals surface area (Å²) in [6.45, 7) is 1.93. The van der Waals surface area contributed by atoms with Crippen molar-refractivity contribution in [2.24, 2.45) is 0 Å². The molecule has 0 rings (SSSR count). The molecule has 0 aromatic rings. The summed E-state index contributed by atoms with van der Waals surface area (Å²) in [7, 11) is 0. The summed E-state index contributed by atoms with van der Waals surface area (Å²) in [6.07, 6.45) is 0. The topological polar surface area (TPSA) is 20.2 Å². The van der Waals surface area contributed by atoms with Crippen LogP contribution in [0.2, 0.25) is 0 Å². The molecular formula is C2H11AlCl2O. The number of halogens is 2. The van der Waals surface area contributed by atoms with E-state index >= 15 is 0 Å². The smallest absolute Gasteiger partial charge is 0.187 e. The zero-order valence-corrected chi connectivity index (χ0v) is 4.60. The van der Waals surface area contributed by atoms with E-state index in [1.54, 1.807) is 6.92 Å². The van der Waals surface area contributed by atoms with Crippen molar-refractivity contribution in [3.63, 3.8) is 0 Å². The van der Waals surface area contributed by atoms with E-state index in [1.165, 1.54) is 0 Å². The second kappa shape index (κ2) is 36.4. The van der Waals surface area contributed by atoms with E-state index in [-0.39, 0.29) is 48.8 Å². The van der Waals surface area contributed by atoms with Crippen molar-refractivity contribution in [1.29, 1.82) is 0 Å². The highest BCUT2D eigenvalue weighted by Gasteiger charge is 1.34. The normalized spacial score (nSPS) is 3.00. The first kappa shape index (κ1) is 27.6. The maximum Gasteiger partial charge on any atom is 0.187 e. The molecule has 0 aliphatic rings. The fraction of sp³-hybridized carbons (Fsp3) is 1.00. The lowest BCUT2D eigenvalue weighted by Gasteiger charge is -1.52. The van der Waals surface area contributed by atoms with Gasteiger partial charge in [-0.3, -0.25) is 0 Å². The van der Waals surface area contributed by atoms with Crippen LogP contribution in [0.3, 0.4) is 0 Å². The van der Waals surface area contributed by atoms with Crippen molar-refractivity contribution in [1.82, 2.24) is 0 Å². The largest absolute Gasteiger partial charge is 0.397 e. The van der Waals surface area contributed by atoms with Crippen LogP contribution < -0.4 is 0 Å². The Morgan fingerprint density at radius 3 is 1.33 bits per heavy atom. The fourth-order valence-electron chi connectivity index (χ4n) is 0. The summed E-state index contributed by atoms with van der Waals surface area (Å²) in [4.78, 5) is 0. The Hall–Kier alpha value is 1.07. The van der Waals surface area contributed by atoms with Crippen LogP contribution in [0.1, 0.15) is 6.92 Å². The minimum absolute atomic E-state index is 0. The van der Waals surface area contributed by atoms with Crippen LogP contribution in [0.25, 0.3) is 0 Å². The summed E-state index contributed by atoms with van der Waals surface area (Å²) in [5.74, 6) is 0. The molecule has 0 spiro atoms. The Morgan fingerprint density at radius 2 is 1.33 bits per heavy atom. The molecule has 0 heterocycles. The Kier molecular flexibility index (Phi) is 167. The van der Waals surface area contributed by atoms with Crippen LogP contribution in [-0.4, -0.2) is 29.1 Å². The van der Waals surface area contributed by atoms with Crippen molar-refractivity contribution in [3.8, 4) is 0 Å². The molecule has 4 heteroatoms. The highest BCUT2D eigenvalue weighted by atomic mass is 35.5. The van der Waals surface area contributed by atoms with E-state index in [0.717, 1.165) is 0 Å². The van der Waals surface area contributed by atoms with Gasteiger partial charge in [0.15, 0.2) is 17.4 Å². The quantitative estimate of drug-likeness (QED) is 0.467. The van der Waals surface area contributed by atoms with E-state index in [0.29, 0.717) is 0 Å². The average Bonchev–Trinajstić information content (AvgIpc) is 0.918. The average molecular weight is 149 g/mol. The van der Waals surface area contributed by atoms with Gasteiger partial charge in [-0.25, -0.2) is 0 Å². The number of hydrogen-bond acceptors (Lipinski definition) is 1. The third-order valence-electron chi connectivity index (χ3n) is 0. The first-order chi connectivity index (χ1) is 1.41. The lowest BCUT2D eigenvalue weighted by molar-refractivity contribution is 0.318. The van der Waals surface area contributed by atoms with Crippen LogP contribution in [0.4, 0.5) is 0 Å². The second-order valence-electron chi connectivity index (χ2n) is 0.316. The predicted molar refractivity (Wildman–Crippen MR) is 37.2 cm³/mol. The van der Waals surface area contributed by atoms with E-state index in [2.05, 4.69) is 0 Å². The van der Waals surface area contributed by atoms with E-state index in [1.807, 2.05) is 0 Å². The Labute approximate surface area is 61.1 Å². The third kappa shape index (κ3) is 73.1. The molecule has 0 aromatic carbocycles. The zero-order valence-electron chi connectivity index (χ0n) is 2.97. The van der Waals surface area contributed by atoms with Crippen molar-refractivity contribution in [2.45, 2.75) is 6.92 Å². The third-order valence-corrected chi connectivity index (χ3v) is 0. The van der Waals surface area contributed by atoms with E-state index in [4.69, 9.17) is 5.11 Å². The number of rotatable bonds is 0. The molecule has 0 fully saturated rings. The SMILES string of the molecule is CCO.Cl.Cl.[AlH3]. The van der Waals surface area contributed by atoms with Crippen molar-refractivity contribution in [2.75, 3.05) is 6.61 Å². The summed E-state index contributed by atoms with van der Waals surface area (Å²) < 4.78 is 0. The van der Waals surface area contributed by atoms with Gasteiger partial charge in [-0.15, -0.1) is 24.8 Å². The summed E-state index contributed by atoms with van der Waals surface area (Å²) in [6, 6.07) is 0. The molecule has 6 heavy (non-hydrogen) atoms. The molecular weight excluding hydrogens is 138 g/mol. The van der Waals surface area contributed by atoms with Crippen molar-refractivity contribution in [3.05, 3.63) is 0 Å². The summed E-state index contributed by atoms with van der Waals surface area (Å²) in [5.41, 5.74) is 0. The standard InChI is InChI=1S/C2H6O.Al.2ClH.3H/c1-2-3;;;;;;/h3H,2H2,1H3;;2*1H;;;. The highest BCUT2D eigenvalue weighted by molar-refractivity contribution is 5.85. The lowest BCUT2D eigenvalue weighted by atomic mass is 10.9. The lowest BCUT2D eigenvalue weighted by Crippen LogP contribution is -1.57.